The third-order valence-electron chi connectivity index (χ3n) is 3.56. The molecule has 104 valence electrons. The zero-order valence-corrected chi connectivity index (χ0v) is 11.2. The fourth-order valence-electron chi connectivity index (χ4n) is 2.63. The molecule has 1 fully saturated rings. The summed E-state index contributed by atoms with van der Waals surface area (Å²) in [6, 6.07) is 6.66. The first-order chi connectivity index (χ1) is 9.20. The smallest absolute Gasteiger partial charge is 0.310 e. The summed E-state index contributed by atoms with van der Waals surface area (Å²) in [5, 5.41) is 3.35. The number of halogens is 1. The molecule has 0 bridgehead atoms. The van der Waals surface area contributed by atoms with Crippen LogP contribution < -0.4 is 5.32 Å². The van der Waals surface area contributed by atoms with Gasteiger partial charge >= 0.3 is 5.97 Å². The summed E-state index contributed by atoms with van der Waals surface area (Å²) in [6.45, 7) is 2.83. The Balaban J connectivity index is 1.89. The molecular weight excluding hydrogens is 245 g/mol. The SMILES string of the molecule is CCOC(=O)C1CCCC1NCc1cccc(F)c1. The van der Waals surface area contributed by atoms with E-state index in [2.05, 4.69) is 5.32 Å². The molecule has 2 unspecified atom stereocenters. The van der Waals surface area contributed by atoms with E-state index in [0.29, 0.717) is 13.2 Å². The molecule has 1 aliphatic carbocycles. The molecule has 0 spiro atoms. The van der Waals surface area contributed by atoms with Gasteiger partial charge in [0.25, 0.3) is 0 Å². The van der Waals surface area contributed by atoms with E-state index in [1.807, 2.05) is 13.0 Å². The van der Waals surface area contributed by atoms with E-state index in [0.717, 1.165) is 24.8 Å². The van der Waals surface area contributed by atoms with Crippen LogP contribution in [0.25, 0.3) is 0 Å². The molecule has 0 heterocycles. The second-order valence-corrected chi connectivity index (χ2v) is 4.91. The molecule has 3 nitrogen and oxygen atoms in total. The molecule has 1 aromatic rings. The van der Waals surface area contributed by atoms with Crippen LogP contribution in [0.3, 0.4) is 0 Å². The molecule has 0 aromatic heterocycles. The van der Waals surface area contributed by atoms with Crippen LogP contribution in [0.5, 0.6) is 0 Å². The number of hydrogen-bond acceptors (Lipinski definition) is 3. The summed E-state index contributed by atoms with van der Waals surface area (Å²) in [5.41, 5.74) is 0.898. The van der Waals surface area contributed by atoms with Crippen LogP contribution in [-0.2, 0) is 16.1 Å². The predicted octanol–water partition coefficient (Wildman–Crippen LogP) is 2.65. The van der Waals surface area contributed by atoms with Gasteiger partial charge in [0.15, 0.2) is 0 Å². The Morgan fingerprint density at radius 3 is 3.05 bits per heavy atom. The fraction of sp³-hybridized carbons (Fsp3) is 0.533. The van der Waals surface area contributed by atoms with Crippen molar-refractivity contribution in [2.75, 3.05) is 6.61 Å². The Morgan fingerprint density at radius 1 is 1.47 bits per heavy atom. The van der Waals surface area contributed by atoms with E-state index in [-0.39, 0.29) is 23.7 Å². The van der Waals surface area contributed by atoms with Gasteiger partial charge in [-0.25, -0.2) is 4.39 Å². The maximum Gasteiger partial charge on any atom is 0.310 e. The van der Waals surface area contributed by atoms with Crippen LogP contribution in [-0.4, -0.2) is 18.6 Å². The zero-order valence-electron chi connectivity index (χ0n) is 11.2. The van der Waals surface area contributed by atoms with E-state index < -0.39 is 0 Å². The summed E-state index contributed by atoms with van der Waals surface area (Å²) >= 11 is 0. The molecule has 0 aliphatic heterocycles. The zero-order chi connectivity index (χ0) is 13.7. The highest BCUT2D eigenvalue weighted by atomic mass is 19.1. The highest BCUT2D eigenvalue weighted by molar-refractivity contribution is 5.73. The maximum absolute atomic E-state index is 13.1. The van der Waals surface area contributed by atoms with E-state index in [1.54, 1.807) is 6.07 Å². The highest BCUT2D eigenvalue weighted by Gasteiger charge is 2.33. The minimum absolute atomic E-state index is 0.0616. The number of nitrogens with one attached hydrogen (secondary N) is 1. The van der Waals surface area contributed by atoms with Crippen molar-refractivity contribution in [3.05, 3.63) is 35.6 Å². The normalized spacial score (nSPS) is 22.4. The Hall–Kier alpha value is -1.42. The van der Waals surface area contributed by atoms with Crippen molar-refractivity contribution < 1.29 is 13.9 Å². The second-order valence-electron chi connectivity index (χ2n) is 4.91. The minimum atomic E-state index is -0.229. The van der Waals surface area contributed by atoms with Gasteiger partial charge in [0, 0.05) is 12.6 Å². The molecule has 1 aliphatic rings. The second kappa shape index (κ2) is 6.66. The lowest BCUT2D eigenvalue weighted by atomic mass is 10.0. The largest absolute Gasteiger partial charge is 0.466 e. The predicted molar refractivity (Wildman–Crippen MR) is 71.0 cm³/mol. The summed E-state index contributed by atoms with van der Waals surface area (Å²) in [5.74, 6) is -0.405. The molecule has 19 heavy (non-hydrogen) atoms. The molecule has 0 radical (unpaired) electrons. The van der Waals surface area contributed by atoms with Crippen LogP contribution in [0.2, 0.25) is 0 Å². The molecular formula is C15H20FNO2. The monoisotopic (exact) mass is 265 g/mol. The van der Waals surface area contributed by atoms with Crippen LogP contribution in [0.1, 0.15) is 31.7 Å². The Kier molecular flexibility index (Phi) is 4.91. The number of benzene rings is 1. The van der Waals surface area contributed by atoms with Crippen molar-refractivity contribution in [3.8, 4) is 0 Å². The first-order valence-corrected chi connectivity index (χ1v) is 6.85. The van der Waals surface area contributed by atoms with Crippen molar-refractivity contribution >= 4 is 5.97 Å². The van der Waals surface area contributed by atoms with Gasteiger partial charge in [-0.15, -0.1) is 0 Å². The van der Waals surface area contributed by atoms with E-state index >= 15 is 0 Å². The van der Waals surface area contributed by atoms with Gasteiger partial charge < -0.3 is 10.1 Å². The quantitative estimate of drug-likeness (QED) is 0.832. The lowest BCUT2D eigenvalue weighted by Gasteiger charge is -2.19. The molecule has 4 heteroatoms. The van der Waals surface area contributed by atoms with Crippen molar-refractivity contribution in [1.29, 1.82) is 0 Å². The third-order valence-corrected chi connectivity index (χ3v) is 3.56. The lowest BCUT2D eigenvalue weighted by Crippen LogP contribution is -2.36. The molecule has 1 saturated carbocycles. The highest BCUT2D eigenvalue weighted by Crippen LogP contribution is 2.27. The minimum Gasteiger partial charge on any atom is -0.466 e. The van der Waals surface area contributed by atoms with Gasteiger partial charge in [-0.1, -0.05) is 18.6 Å². The number of hydrogen-bond donors (Lipinski definition) is 1. The van der Waals surface area contributed by atoms with Gasteiger partial charge in [0.05, 0.1) is 12.5 Å². The van der Waals surface area contributed by atoms with Gasteiger partial charge in [-0.2, -0.15) is 0 Å². The first kappa shape index (κ1) is 14.0. The van der Waals surface area contributed by atoms with Crippen LogP contribution in [0, 0.1) is 11.7 Å². The van der Waals surface area contributed by atoms with Crippen LogP contribution in [0.4, 0.5) is 4.39 Å². The topological polar surface area (TPSA) is 38.3 Å². The first-order valence-electron chi connectivity index (χ1n) is 6.85. The van der Waals surface area contributed by atoms with Crippen molar-refractivity contribution in [3.63, 3.8) is 0 Å². The number of rotatable bonds is 5. The summed E-state index contributed by atoms with van der Waals surface area (Å²) in [7, 11) is 0. The van der Waals surface area contributed by atoms with Crippen molar-refractivity contribution in [1.82, 2.24) is 5.32 Å². The van der Waals surface area contributed by atoms with E-state index in [1.165, 1.54) is 12.1 Å². The Labute approximate surface area is 113 Å². The van der Waals surface area contributed by atoms with Crippen LogP contribution in [0.15, 0.2) is 24.3 Å². The summed E-state index contributed by atoms with van der Waals surface area (Å²) < 4.78 is 18.2. The van der Waals surface area contributed by atoms with Gasteiger partial charge in [0.1, 0.15) is 5.82 Å². The average molecular weight is 265 g/mol. The van der Waals surface area contributed by atoms with Gasteiger partial charge in [0.2, 0.25) is 0 Å². The lowest BCUT2D eigenvalue weighted by molar-refractivity contribution is -0.148. The van der Waals surface area contributed by atoms with E-state index in [4.69, 9.17) is 4.74 Å². The number of esters is 1. The molecule has 1 aromatic carbocycles. The number of carbonyl (C=O) groups is 1. The van der Waals surface area contributed by atoms with Gasteiger partial charge in [-0.05, 0) is 37.5 Å². The molecule has 0 amide bonds. The van der Waals surface area contributed by atoms with Crippen molar-refractivity contribution in [2.45, 2.75) is 38.8 Å². The molecule has 2 atom stereocenters. The molecule has 1 N–H and O–H groups in total. The average Bonchev–Trinajstić information content (AvgIpc) is 2.85. The summed E-state index contributed by atoms with van der Waals surface area (Å²) in [6.07, 6.45) is 2.88. The van der Waals surface area contributed by atoms with Crippen molar-refractivity contribution in [2.24, 2.45) is 5.92 Å². The molecule has 0 saturated heterocycles. The van der Waals surface area contributed by atoms with E-state index in [9.17, 15) is 9.18 Å². The Morgan fingerprint density at radius 2 is 2.32 bits per heavy atom. The maximum atomic E-state index is 13.1. The fourth-order valence-corrected chi connectivity index (χ4v) is 2.63. The third kappa shape index (κ3) is 3.77. The summed E-state index contributed by atoms with van der Waals surface area (Å²) in [4.78, 5) is 11.8. The molecule has 2 rings (SSSR count). The standard InChI is InChI=1S/C15H20FNO2/c1-2-19-15(18)13-7-4-8-14(13)17-10-11-5-3-6-12(16)9-11/h3,5-6,9,13-14,17H,2,4,7-8,10H2,1H3. The van der Waals surface area contributed by atoms with Gasteiger partial charge in [-0.3, -0.25) is 4.79 Å². The van der Waals surface area contributed by atoms with Crippen LogP contribution >= 0.6 is 0 Å². The number of ether oxygens (including phenoxy) is 1. The Bertz CT molecular complexity index is 436. The number of carbonyl (C=O) groups excluding carboxylic acids is 1.